The second-order valence-corrected chi connectivity index (χ2v) is 4.29. The molecule has 20 heavy (non-hydrogen) atoms. The van der Waals surface area contributed by atoms with Gasteiger partial charge in [0.1, 0.15) is 11.4 Å². The molecule has 1 atom stereocenters. The topological polar surface area (TPSA) is 77.4 Å². The first kappa shape index (κ1) is 14.3. The molecule has 0 radical (unpaired) electrons. The zero-order valence-electron chi connectivity index (χ0n) is 11.7. The molecule has 0 aromatic heterocycles. The summed E-state index contributed by atoms with van der Waals surface area (Å²) in [5.41, 5.74) is 1.41. The summed E-state index contributed by atoms with van der Waals surface area (Å²) < 4.78 is 15.5. The number of carbonyl (C=O) groups is 1. The number of hydrogen-bond donors (Lipinski definition) is 1. The minimum Gasteiger partial charge on any atom is -0.476 e. The van der Waals surface area contributed by atoms with Gasteiger partial charge in [-0.3, -0.25) is 0 Å². The lowest BCUT2D eigenvalue weighted by atomic mass is 10.1. The Balaban J connectivity index is 2.46. The number of hydrogen-bond acceptors (Lipinski definition) is 6. The fourth-order valence-electron chi connectivity index (χ4n) is 1.81. The third-order valence-electron chi connectivity index (χ3n) is 2.72. The maximum absolute atomic E-state index is 11.9. The first-order valence-corrected chi connectivity index (χ1v) is 6.42. The molecule has 1 aliphatic rings. The summed E-state index contributed by atoms with van der Waals surface area (Å²) in [6, 6.07) is 5.27. The maximum atomic E-state index is 11.9. The van der Waals surface area contributed by atoms with Gasteiger partial charge >= 0.3 is 11.8 Å². The van der Waals surface area contributed by atoms with Crippen LogP contribution in [0.15, 0.2) is 23.2 Å². The van der Waals surface area contributed by atoms with Crippen molar-refractivity contribution >= 4 is 17.6 Å². The zero-order valence-corrected chi connectivity index (χ0v) is 11.7. The van der Waals surface area contributed by atoms with Crippen molar-refractivity contribution in [3.05, 3.63) is 23.8 Å². The Morgan fingerprint density at radius 1 is 1.40 bits per heavy atom. The van der Waals surface area contributed by atoms with E-state index >= 15 is 0 Å². The third-order valence-corrected chi connectivity index (χ3v) is 2.72. The summed E-state index contributed by atoms with van der Waals surface area (Å²) in [5, 5.41) is 10.4. The standard InChI is InChI=1S/C14H17NO5/c1-4-18-12-14(17,13(16)19-5-2)20-11-8-9(3)6-7-10(11)15-12/h6-8,17H,4-5H2,1-3H3. The van der Waals surface area contributed by atoms with Crippen molar-refractivity contribution in [1.29, 1.82) is 0 Å². The average molecular weight is 279 g/mol. The highest BCUT2D eigenvalue weighted by atomic mass is 16.7. The van der Waals surface area contributed by atoms with Crippen LogP contribution < -0.4 is 4.74 Å². The van der Waals surface area contributed by atoms with Gasteiger partial charge in [-0.25, -0.2) is 9.79 Å². The zero-order chi connectivity index (χ0) is 14.8. The van der Waals surface area contributed by atoms with E-state index in [4.69, 9.17) is 14.2 Å². The predicted molar refractivity (Wildman–Crippen MR) is 72.1 cm³/mol. The van der Waals surface area contributed by atoms with Crippen molar-refractivity contribution in [2.75, 3.05) is 13.2 Å². The molecule has 6 heteroatoms. The van der Waals surface area contributed by atoms with Crippen LogP contribution in [0.4, 0.5) is 5.69 Å². The Labute approximate surface area is 117 Å². The molecule has 0 saturated carbocycles. The van der Waals surface area contributed by atoms with E-state index < -0.39 is 11.8 Å². The van der Waals surface area contributed by atoms with Crippen LogP contribution in [0.5, 0.6) is 5.75 Å². The lowest BCUT2D eigenvalue weighted by Gasteiger charge is -2.30. The van der Waals surface area contributed by atoms with Crippen molar-refractivity contribution in [1.82, 2.24) is 0 Å². The van der Waals surface area contributed by atoms with E-state index in [0.29, 0.717) is 11.4 Å². The van der Waals surface area contributed by atoms with Crippen LogP contribution in [0, 0.1) is 6.92 Å². The number of benzene rings is 1. The van der Waals surface area contributed by atoms with Crippen LogP contribution in [0.3, 0.4) is 0 Å². The number of ether oxygens (including phenoxy) is 3. The van der Waals surface area contributed by atoms with Crippen molar-refractivity contribution < 1.29 is 24.1 Å². The lowest BCUT2D eigenvalue weighted by molar-refractivity contribution is -0.184. The average Bonchev–Trinajstić information content (AvgIpc) is 2.40. The fraction of sp³-hybridized carbons (Fsp3) is 0.429. The number of aliphatic imine (C=N–C) groups is 1. The summed E-state index contributed by atoms with van der Waals surface area (Å²) in [7, 11) is 0. The minimum atomic E-state index is -2.34. The molecule has 0 spiro atoms. The van der Waals surface area contributed by atoms with Crippen molar-refractivity contribution in [2.24, 2.45) is 4.99 Å². The van der Waals surface area contributed by atoms with Crippen LogP contribution in [0.2, 0.25) is 0 Å². The molecule has 1 aromatic carbocycles. The van der Waals surface area contributed by atoms with Gasteiger partial charge in [0, 0.05) is 0 Å². The van der Waals surface area contributed by atoms with E-state index in [-0.39, 0.29) is 19.1 Å². The molecule has 1 aliphatic heterocycles. The second kappa shape index (κ2) is 5.50. The molecule has 1 aromatic rings. The highest BCUT2D eigenvalue weighted by molar-refractivity contribution is 6.06. The summed E-state index contributed by atoms with van der Waals surface area (Å²) >= 11 is 0. The van der Waals surface area contributed by atoms with Gasteiger partial charge in [0.15, 0.2) is 0 Å². The van der Waals surface area contributed by atoms with Gasteiger partial charge in [-0.05, 0) is 38.5 Å². The van der Waals surface area contributed by atoms with Crippen LogP contribution in [0.1, 0.15) is 19.4 Å². The smallest absolute Gasteiger partial charge is 0.390 e. The normalized spacial score (nSPS) is 20.5. The number of carbonyl (C=O) groups excluding carboxylic acids is 1. The number of fused-ring (bicyclic) bond motifs is 1. The van der Waals surface area contributed by atoms with Gasteiger partial charge in [-0.2, -0.15) is 0 Å². The van der Waals surface area contributed by atoms with Gasteiger partial charge in [0.25, 0.3) is 5.90 Å². The molecule has 0 bridgehead atoms. The third kappa shape index (κ3) is 2.46. The number of aliphatic hydroxyl groups is 1. The van der Waals surface area contributed by atoms with E-state index in [1.807, 2.05) is 13.0 Å². The molecule has 1 N–H and O–H groups in total. The highest BCUT2D eigenvalue weighted by Crippen LogP contribution is 2.36. The lowest BCUT2D eigenvalue weighted by Crippen LogP contribution is -2.54. The highest BCUT2D eigenvalue weighted by Gasteiger charge is 2.51. The summed E-state index contributed by atoms with van der Waals surface area (Å²) in [6.07, 6.45) is 0. The molecule has 0 fully saturated rings. The van der Waals surface area contributed by atoms with Crippen LogP contribution in [-0.2, 0) is 14.3 Å². The largest absolute Gasteiger partial charge is 0.476 e. The van der Waals surface area contributed by atoms with Crippen molar-refractivity contribution in [3.8, 4) is 5.75 Å². The van der Waals surface area contributed by atoms with E-state index in [2.05, 4.69) is 4.99 Å². The summed E-state index contributed by atoms with van der Waals surface area (Å²) in [5.74, 6) is -3.19. The molecule has 0 amide bonds. The Hall–Kier alpha value is -2.08. The van der Waals surface area contributed by atoms with E-state index in [1.165, 1.54) is 0 Å². The molecule has 0 aliphatic carbocycles. The number of aryl methyl sites for hydroxylation is 1. The van der Waals surface area contributed by atoms with Crippen LogP contribution >= 0.6 is 0 Å². The number of esters is 1. The summed E-state index contributed by atoms with van der Waals surface area (Å²) in [6.45, 7) is 5.59. The Bertz CT molecular complexity index is 554. The molecular formula is C14H17NO5. The molecular weight excluding hydrogens is 262 g/mol. The molecule has 1 unspecified atom stereocenters. The first-order valence-electron chi connectivity index (χ1n) is 6.42. The number of rotatable bonds is 3. The van der Waals surface area contributed by atoms with E-state index in [9.17, 15) is 9.90 Å². The maximum Gasteiger partial charge on any atom is 0.390 e. The first-order chi connectivity index (χ1) is 9.51. The predicted octanol–water partition coefficient (Wildman–Crippen LogP) is 1.71. The quantitative estimate of drug-likeness (QED) is 0.852. The molecule has 108 valence electrons. The van der Waals surface area contributed by atoms with Gasteiger partial charge in [0.05, 0.1) is 13.2 Å². The minimum absolute atomic E-state index is 0.116. The Morgan fingerprint density at radius 2 is 2.15 bits per heavy atom. The van der Waals surface area contributed by atoms with E-state index in [1.54, 1.807) is 26.0 Å². The van der Waals surface area contributed by atoms with Crippen LogP contribution in [0.25, 0.3) is 0 Å². The van der Waals surface area contributed by atoms with Gasteiger partial charge in [-0.1, -0.05) is 6.07 Å². The second-order valence-electron chi connectivity index (χ2n) is 4.29. The van der Waals surface area contributed by atoms with Crippen molar-refractivity contribution in [2.45, 2.75) is 26.6 Å². The monoisotopic (exact) mass is 279 g/mol. The molecule has 6 nitrogen and oxygen atoms in total. The molecule has 2 rings (SSSR count). The SMILES string of the molecule is CCOC(=O)C1(O)Oc2cc(C)ccc2N=C1OCC. The Morgan fingerprint density at radius 3 is 2.80 bits per heavy atom. The van der Waals surface area contributed by atoms with Gasteiger partial charge in [-0.15, -0.1) is 0 Å². The van der Waals surface area contributed by atoms with Crippen LogP contribution in [-0.4, -0.2) is 36.0 Å². The Kier molecular flexibility index (Phi) is 3.94. The van der Waals surface area contributed by atoms with Crippen molar-refractivity contribution in [3.63, 3.8) is 0 Å². The van der Waals surface area contributed by atoms with E-state index in [0.717, 1.165) is 5.56 Å². The fourth-order valence-corrected chi connectivity index (χ4v) is 1.81. The summed E-state index contributed by atoms with van der Waals surface area (Å²) in [4.78, 5) is 16.1. The number of nitrogens with zero attached hydrogens (tertiary/aromatic N) is 1. The molecule has 0 saturated heterocycles. The van der Waals surface area contributed by atoms with Gasteiger partial charge < -0.3 is 19.3 Å². The van der Waals surface area contributed by atoms with Gasteiger partial charge in [0.2, 0.25) is 0 Å². The molecule has 1 heterocycles.